The highest BCUT2D eigenvalue weighted by Crippen LogP contribution is 2.30. The Labute approximate surface area is 166 Å². The number of carbonyl (C=O) groups is 1. The van der Waals surface area contributed by atoms with Crippen molar-refractivity contribution in [2.75, 3.05) is 6.54 Å². The Hall–Kier alpha value is -2.25. The highest BCUT2D eigenvalue weighted by molar-refractivity contribution is 6.31. The van der Waals surface area contributed by atoms with Crippen LogP contribution in [0.5, 0.6) is 5.75 Å². The Kier molecular flexibility index (Phi) is 6.46. The van der Waals surface area contributed by atoms with Crippen LogP contribution >= 0.6 is 11.6 Å². The van der Waals surface area contributed by atoms with Crippen molar-refractivity contribution >= 4 is 17.5 Å². The van der Waals surface area contributed by atoms with Gasteiger partial charge in [0.05, 0.1) is 11.6 Å². The molecule has 28 heavy (non-hydrogen) atoms. The maximum atomic E-state index is 12.8. The van der Waals surface area contributed by atoms with Crippen LogP contribution in [-0.2, 0) is 24.1 Å². The molecule has 8 heteroatoms. The van der Waals surface area contributed by atoms with E-state index in [1.807, 2.05) is 0 Å². The maximum absolute atomic E-state index is 12.8. The normalized spacial score (nSPS) is 16.8. The molecule has 0 aliphatic carbocycles. The number of nitrogens with one attached hydrogen (secondary N) is 2. The van der Waals surface area contributed by atoms with Crippen LogP contribution in [0.15, 0.2) is 42.5 Å². The summed E-state index contributed by atoms with van der Waals surface area (Å²) in [5, 5.41) is 6.39. The van der Waals surface area contributed by atoms with E-state index >= 15 is 0 Å². The van der Waals surface area contributed by atoms with E-state index in [4.69, 9.17) is 16.3 Å². The van der Waals surface area contributed by atoms with Gasteiger partial charge in [0.2, 0.25) is 5.91 Å². The first-order valence-electron chi connectivity index (χ1n) is 8.91. The largest absolute Gasteiger partial charge is 0.489 e. The number of carbonyl (C=O) groups excluding carboxylic acids is 1. The second-order valence-electron chi connectivity index (χ2n) is 6.61. The third-order valence-electron chi connectivity index (χ3n) is 4.51. The van der Waals surface area contributed by atoms with Gasteiger partial charge in [0.25, 0.3) is 0 Å². The van der Waals surface area contributed by atoms with Gasteiger partial charge in [-0.25, -0.2) is 0 Å². The van der Waals surface area contributed by atoms with E-state index in [-0.39, 0.29) is 18.6 Å². The van der Waals surface area contributed by atoms with Crippen molar-refractivity contribution in [1.29, 1.82) is 0 Å². The van der Waals surface area contributed by atoms with Gasteiger partial charge in [-0.3, -0.25) is 4.79 Å². The molecule has 0 unspecified atom stereocenters. The second-order valence-corrected chi connectivity index (χ2v) is 7.01. The summed E-state index contributed by atoms with van der Waals surface area (Å²) in [6.45, 7) is 1.13. The van der Waals surface area contributed by atoms with Crippen LogP contribution in [0.2, 0.25) is 5.02 Å². The second kappa shape index (κ2) is 8.84. The number of hydrogen-bond acceptors (Lipinski definition) is 3. The average Bonchev–Trinajstić information content (AvgIpc) is 3.20. The quantitative estimate of drug-likeness (QED) is 0.743. The zero-order valence-electron chi connectivity index (χ0n) is 15.0. The molecule has 1 fully saturated rings. The third kappa shape index (κ3) is 5.39. The Morgan fingerprint density at radius 2 is 2.07 bits per heavy atom. The fraction of sp³-hybridized carbons (Fsp3) is 0.350. The van der Waals surface area contributed by atoms with Crippen molar-refractivity contribution in [3.63, 3.8) is 0 Å². The molecule has 1 aliphatic heterocycles. The van der Waals surface area contributed by atoms with Gasteiger partial charge in [-0.2, -0.15) is 13.2 Å². The summed E-state index contributed by atoms with van der Waals surface area (Å²) in [5.41, 5.74) is 0.431. The van der Waals surface area contributed by atoms with Gasteiger partial charge >= 0.3 is 6.18 Å². The Bertz CT molecular complexity index is 836. The SMILES string of the molecule is O=C(NCc1ccc(OCc2cccc(C(F)(F)F)c2)cc1Cl)[C@@H]1CCCN1. The van der Waals surface area contributed by atoms with Crippen LogP contribution in [0, 0.1) is 0 Å². The molecule has 2 aromatic rings. The lowest BCUT2D eigenvalue weighted by atomic mass is 10.1. The van der Waals surface area contributed by atoms with E-state index in [0.29, 0.717) is 22.9 Å². The fourth-order valence-corrected chi connectivity index (χ4v) is 3.22. The van der Waals surface area contributed by atoms with Crippen molar-refractivity contribution in [1.82, 2.24) is 10.6 Å². The van der Waals surface area contributed by atoms with Gasteiger partial charge in [-0.05, 0) is 54.8 Å². The molecular formula is C20H20ClF3N2O2. The number of alkyl halides is 3. The fourth-order valence-electron chi connectivity index (χ4n) is 2.98. The van der Waals surface area contributed by atoms with Gasteiger partial charge < -0.3 is 15.4 Å². The van der Waals surface area contributed by atoms with E-state index in [1.165, 1.54) is 6.07 Å². The average molecular weight is 413 g/mol. The van der Waals surface area contributed by atoms with E-state index in [9.17, 15) is 18.0 Å². The van der Waals surface area contributed by atoms with Crippen molar-refractivity contribution in [3.05, 3.63) is 64.2 Å². The van der Waals surface area contributed by atoms with Gasteiger partial charge in [0, 0.05) is 11.6 Å². The minimum absolute atomic E-state index is 0.0102. The Morgan fingerprint density at radius 1 is 1.25 bits per heavy atom. The molecule has 2 aromatic carbocycles. The molecule has 0 saturated carbocycles. The zero-order valence-corrected chi connectivity index (χ0v) is 15.7. The Morgan fingerprint density at radius 3 is 2.75 bits per heavy atom. The third-order valence-corrected chi connectivity index (χ3v) is 4.87. The molecule has 2 N–H and O–H groups in total. The van der Waals surface area contributed by atoms with E-state index < -0.39 is 11.7 Å². The molecule has 3 rings (SSSR count). The monoisotopic (exact) mass is 412 g/mol. The highest BCUT2D eigenvalue weighted by atomic mass is 35.5. The summed E-state index contributed by atoms with van der Waals surface area (Å²) in [7, 11) is 0. The molecule has 1 heterocycles. The van der Waals surface area contributed by atoms with Gasteiger partial charge in [0.1, 0.15) is 12.4 Å². The first kappa shape index (κ1) is 20.5. The summed E-state index contributed by atoms with van der Waals surface area (Å²) in [5.74, 6) is 0.383. The first-order chi connectivity index (χ1) is 13.3. The van der Waals surface area contributed by atoms with Crippen LogP contribution in [0.25, 0.3) is 0 Å². The van der Waals surface area contributed by atoms with E-state index in [1.54, 1.807) is 24.3 Å². The molecular weight excluding hydrogens is 393 g/mol. The summed E-state index contributed by atoms with van der Waals surface area (Å²) in [6, 6.07) is 9.82. The van der Waals surface area contributed by atoms with Crippen molar-refractivity contribution in [3.8, 4) is 5.75 Å². The lowest BCUT2D eigenvalue weighted by Crippen LogP contribution is -2.40. The molecule has 4 nitrogen and oxygen atoms in total. The summed E-state index contributed by atoms with van der Waals surface area (Å²) in [6.07, 6.45) is -2.59. The van der Waals surface area contributed by atoms with Crippen LogP contribution in [0.1, 0.15) is 29.5 Å². The smallest absolute Gasteiger partial charge is 0.416 e. The minimum atomic E-state index is -4.39. The summed E-state index contributed by atoms with van der Waals surface area (Å²) < 4.78 is 43.8. The summed E-state index contributed by atoms with van der Waals surface area (Å²) in [4.78, 5) is 12.0. The predicted octanol–water partition coefficient (Wildman–Crippen LogP) is 4.31. The number of halogens is 4. The molecule has 0 bridgehead atoms. The van der Waals surface area contributed by atoms with Crippen molar-refractivity contribution < 1.29 is 22.7 Å². The summed E-state index contributed by atoms with van der Waals surface area (Å²) >= 11 is 6.24. The number of hydrogen-bond donors (Lipinski definition) is 2. The van der Waals surface area contributed by atoms with Crippen molar-refractivity contribution in [2.24, 2.45) is 0 Å². The standard InChI is InChI=1S/C20H20ClF3N2O2/c21-17-10-16(28-12-13-3-1-4-15(9-13)20(22,23)24)7-6-14(17)11-26-19(27)18-5-2-8-25-18/h1,3-4,6-7,9-10,18,25H,2,5,8,11-12H2,(H,26,27)/t18-/m0/s1. The minimum Gasteiger partial charge on any atom is -0.489 e. The molecule has 0 spiro atoms. The van der Waals surface area contributed by atoms with Gasteiger partial charge in [-0.1, -0.05) is 29.8 Å². The number of rotatable bonds is 6. The van der Waals surface area contributed by atoms with Gasteiger partial charge in [0.15, 0.2) is 0 Å². The zero-order chi connectivity index (χ0) is 20.1. The molecule has 1 saturated heterocycles. The van der Waals surface area contributed by atoms with Crippen LogP contribution in [0.4, 0.5) is 13.2 Å². The molecule has 1 atom stereocenters. The molecule has 0 radical (unpaired) electrons. The molecule has 1 amide bonds. The molecule has 1 aliphatic rings. The van der Waals surface area contributed by atoms with E-state index in [2.05, 4.69) is 10.6 Å². The number of benzene rings is 2. The van der Waals surface area contributed by atoms with Crippen LogP contribution in [-0.4, -0.2) is 18.5 Å². The lowest BCUT2D eigenvalue weighted by molar-refractivity contribution is -0.137. The van der Waals surface area contributed by atoms with E-state index in [0.717, 1.165) is 37.1 Å². The van der Waals surface area contributed by atoms with Crippen LogP contribution in [0.3, 0.4) is 0 Å². The Balaban J connectivity index is 1.56. The predicted molar refractivity (Wildman–Crippen MR) is 100 cm³/mol. The lowest BCUT2D eigenvalue weighted by Gasteiger charge is -2.13. The van der Waals surface area contributed by atoms with Crippen LogP contribution < -0.4 is 15.4 Å². The molecule has 0 aromatic heterocycles. The molecule has 150 valence electrons. The topological polar surface area (TPSA) is 50.4 Å². The number of amides is 1. The van der Waals surface area contributed by atoms with Crippen molar-refractivity contribution in [2.45, 2.75) is 38.2 Å². The first-order valence-corrected chi connectivity index (χ1v) is 9.29. The highest BCUT2D eigenvalue weighted by Gasteiger charge is 2.30. The maximum Gasteiger partial charge on any atom is 0.416 e. The number of ether oxygens (including phenoxy) is 1. The van der Waals surface area contributed by atoms with Gasteiger partial charge in [-0.15, -0.1) is 0 Å².